The highest BCUT2D eigenvalue weighted by molar-refractivity contribution is 5.92. The summed E-state index contributed by atoms with van der Waals surface area (Å²) in [6.45, 7) is 4.29. The van der Waals surface area contributed by atoms with Crippen molar-refractivity contribution < 1.29 is 9.32 Å². The fourth-order valence-electron chi connectivity index (χ4n) is 3.90. The van der Waals surface area contributed by atoms with E-state index in [0.29, 0.717) is 17.5 Å². The van der Waals surface area contributed by atoms with Crippen LogP contribution in [0.4, 0.5) is 0 Å². The molecule has 2 atom stereocenters. The minimum Gasteiger partial charge on any atom is -0.350 e. The summed E-state index contributed by atoms with van der Waals surface area (Å²) in [5, 5.41) is 7.20. The number of aromatic nitrogens is 1. The van der Waals surface area contributed by atoms with Crippen molar-refractivity contribution in [2.75, 3.05) is 13.1 Å². The Morgan fingerprint density at radius 3 is 2.88 bits per heavy atom. The quantitative estimate of drug-likeness (QED) is 0.942. The summed E-state index contributed by atoms with van der Waals surface area (Å²) in [6, 6.07) is 10.5. The van der Waals surface area contributed by atoms with Crippen LogP contribution < -0.4 is 5.32 Å². The van der Waals surface area contributed by atoms with E-state index in [1.165, 1.54) is 24.8 Å². The van der Waals surface area contributed by atoms with Gasteiger partial charge in [-0.2, -0.15) is 0 Å². The molecule has 1 amide bonds. The Balaban J connectivity index is 1.44. The largest absolute Gasteiger partial charge is 0.350 e. The minimum atomic E-state index is -0.154. The number of carbonyl (C=O) groups excluding carboxylic acids is 1. The number of amides is 1. The van der Waals surface area contributed by atoms with Gasteiger partial charge >= 0.3 is 0 Å². The minimum absolute atomic E-state index is 0.154. The van der Waals surface area contributed by atoms with Crippen LogP contribution in [0, 0.1) is 6.92 Å². The summed E-state index contributed by atoms with van der Waals surface area (Å²) in [7, 11) is 0. The summed E-state index contributed by atoms with van der Waals surface area (Å²) >= 11 is 0. The highest BCUT2D eigenvalue weighted by Gasteiger charge is 2.36. The van der Waals surface area contributed by atoms with Gasteiger partial charge in [0.1, 0.15) is 5.69 Å². The van der Waals surface area contributed by atoms with Crippen LogP contribution in [-0.4, -0.2) is 41.1 Å². The fourth-order valence-corrected chi connectivity index (χ4v) is 3.90. The lowest BCUT2D eigenvalue weighted by Gasteiger charge is -2.32. The summed E-state index contributed by atoms with van der Waals surface area (Å²) < 4.78 is 5.28. The average molecular weight is 325 g/mol. The number of hydrogen-bond donors (Lipinski definition) is 1. The van der Waals surface area contributed by atoms with Gasteiger partial charge in [0.25, 0.3) is 5.91 Å². The average Bonchev–Trinajstić information content (AvgIpc) is 3.23. The second-order valence-corrected chi connectivity index (χ2v) is 6.91. The molecule has 1 aromatic carbocycles. The molecule has 3 heterocycles. The first-order valence-corrected chi connectivity index (χ1v) is 8.79. The third-order valence-corrected chi connectivity index (χ3v) is 5.25. The maximum absolute atomic E-state index is 12.5. The Kier molecular flexibility index (Phi) is 4.10. The van der Waals surface area contributed by atoms with Crippen LogP contribution >= 0.6 is 0 Å². The molecular formula is C19H23N3O2. The lowest BCUT2D eigenvalue weighted by atomic mass is 9.99. The van der Waals surface area contributed by atoms with Crippen molar-refractivity contribution in [1.82, 2.24) is 15.4 Å². The van der Waals surface area contributed by atoms with Crippen molar-refractivity contribution in [2.45, 2.75) is 44.7 Å². The van der Waals surface area contributed by atoms with Crippen molar-refractivity contribution >= 4 is 5.91 Å². The standard InChI is InChI=1S/C19H23N3O2/c1-13-5-7-14(8-6-13)16-12-18(24-21-16)19(23)20-15-9-11-22-10-3-2-4-17(15)22/h5-8,12,15,17H,2-4,9-11H2,1H3,(H,20,23). The van der Waals surface area contributed by atoms with E-state index in [1.807, 2.05) is 31.2 Å². The van der Waals surface area contributed by atoms with E-state index in [2.05, 4.69) is 15.4 Å². The van der Waals surface area contributed by atoms with Gasteiger partial charge in [0.05, 0.1) is 0 Å². The Bertz CT molecular complexity index is 722. The molecule has 4 rings (SSSR count). The number of piperidine rings is 1. The molecule has 0 bridgehead atoms. The second-order valence-electron chi connectivity index (χ2n) is 6.91. The Morgan fingerprint density at radius 1 is 1.21 bits per heavy atom. The molecule has 2 aromatic rings. The van der Waals surface area contributed by atoms with E-state index >= 15 is 0 Å². The van der Waals surface area contributed by atoms with Crippen molar-refractivity contribution in [3.8, 4) is 11.3 Å². The fraction of sp³-hybridized carbons (Fsp3) is 0.474. The molecule has 5 nitrogen and oxygen atoms in total. The molecule has 2 aliphatic rings. The molecule has 0 aliphatic carbocycles. The molecule has 2 aliphatic heterocycles. The number of benzene rings is 1. The zero-order valence-electron chi connectivity index (χ0n) is 14.0. The molecule has 24 heavy (non-hydrogen) atoms. The first-order valence-electron chi connectivity index (χ1n) is 8.79. The van der Waals surface area contributed by atoms with Crippen molar-refractivity contribution in [1.29, 1.82) is 0 Å². The smallest absolute Gasteiger partial charge is 0.290 e. The summed E-state index contributed by atoms with van der Waals surface area (Å²) in [4.78, 5) is 15.0. The van der Waals surface area contributed by atoms with Gasteiger partial charge < -0.3 is 9.84 Å². The molecule has 0 radical (unpaired) electrons. The topological polar surface area (TPSA) is 58.4 Å². The lowest BCUT2D eigenvalue weighted by Crippen LogP contribution is -2.46. The van der Waals surface area contributed by atoms with Crippen LogP contribution in [0.3, 0.4) is 0 Å². The number of hydrogen-bond acceptors (Lipinski definition) is 4. The zero-order valence-corrected chi connectivity index (χ0v) is 14.0. The van der Waals surface area contributed by atoms with Gasteiger partial charge in [-0.25, -0.2) is 0 Å². The number of rotatable bonds is 3. The third-order valence-electron chi connectivity index (χ3n) is 5.25. The highest BCUT2D eigenvalue weighted by atomic mass is 16.5. The molecular weight excluding hydrogens is 302 g/mol. The molecule has 2 fully saturated rings. The molecule has 0 spiro atoms. The zero-order chi connectivity index (χ0) is 16.5. The normalized spacial score (nSPS) is 23.9. The first-order chi connectivity index (χ1) is 11.7. The van der Waals surface area contributed by atoms with Gasteiger partial charge in [-0.05, 0) is 32.7 Å². The van der Waals surface area contributed by atoms with Crippen LogP contribution in [0.1, 0.15) is 41.8 Å². The number of nitrogens with one attached hydrogen (secondary N) is 1. The maximum Gasteiger partial charge on any atom is 0.290 e. The number of fused-ring (bicyclic) bond motifs is 1. The van der Waals surface area contributed by atoms with Crippen LogP contribution in [0.25, 0.3) is 11.3 Å². The van der Waals surface area contributed by atoms with E-state index in [9.17, 15) is 4.79 Å². The third kappa shape index (κ3) is 2.96. The molecule has 1 N–H and O–H groups in total. The summed E-state index contributed by atoms with van der Waals surface area (Å²) in [6.07, 6.45) is 4.73. The van der Waals surface area contributed by atoms with E-state index in [4.69, 9.17) is 4.52 Å². The van der Waals surface area contributed by atoms with Gasteiger partial charge in [-0.15, -0.1) is 0 Å². The van der Waals surface area contributed by atoms with Gasteiger partial charge in [-0.1, -0.05) is 41.4 Å². The molecule has 126 valence electrons. The predicted molar refractivity (Wildman–Crippen MR) is 91.8 cm³/mol. The first kappa shape index (κ1) is 15.4. The van der Waals surface area contributed by atoms with Crippen LogP contribution in [0.15, 0.2) is 34.9 Å². The SMILES string of the molecule is Cc1ccc(-c2cc(C(=O)NC3CCN4CCCCC34)on2)cc1. The van der Waals surface area contributed by atoms with Gasteiger partial charge in [0.2, 0.25) is 5.76 Å². The van der Waals surface area contributed by atoms with E-state index in [1.54, 1.807) is 6.07 Å². The van der Waals surface area contributed by atoms with E-state index in [-0.39, 0.29) is 11.9 Å². The van der Waals surface area contributed by atoms with Gasteiger partial charge in [0.15, 0.2) is 0 Å². The Morgan fingerprint density at radius 2 is 2.04 bits per heavy atom. The molecule has 2 unspecified atom stereocenters. The van der Waals surface area contributed by atoms with Gasteiger partial charge in [-0.3, -0.25) is 9.69 Å². The van der Waals surface area contributed by atoms with E-state index < -0.39 is 0 Å². The highest BCUT2D eigenvalue weighted by Crippen LogP contribution is 2.27. The predicted octanol–water partition coefficient (Wildman–Crippen LogP) is 3.01. The molecule has 5 heteroatoms. The lowest BCUT2D eigenvalue weighted by molar-refractivity contribution is 0.0878. The van der Waals surface area contributed by atoms with Crippen molar-refractivity contribution in [3.05, 3.63) is 41.7 Å². The summed E-state index contributed by atoms with van der Waals surface area (Å²) in [5.41, 5.74) is 2.85. The van der Waals surface area contributed by atoms with Crippen LogP contribution in [-0.2, 0) is 0 Å². The number of aryl methyl sites for hydroxylation is 1. The number of nitrogens with zero attached hydrogens (tertiary/aromatic N) is 2. The summed E-state index contributed by atoms with van der Waals surface area (Å²) in [5.74, 6) is 0.137. The Labute approximate surface area is 142 Å². The number of carbonyl (C=O) groups is 1. The van der Waals surface area contributed by atoms with Gasteiger partial charge in [0, 0.05) is 30.3 Å². The van der Waals surface area contributed by atoms with Crippen LogP contribution in [0.5, 0.6) is 0 Å². The van der Waals surface area contributed by atoms with E-state index in [0.717, 1.165) is 25.1 Å². The molecule has 1 aromatic heterocycles. The maximum atomic E-state index is 12.5. The van der Waals surface area contributed by atoms with Crippen molar-refractivity contribution in [2.24, 2.45) is 0 Å². The van der Waals surface area contributed by atoms with Crippen molar-refractivity contribution in [3.63, 3.8) is 0 Å². The molecule has 0 saturated carbocycles. The molecule has 2 saturated heterocycles. The second kappa shape index (κ2) is 6.40. The monoisotopic (exact) mass is 325 g/mol. The Hall–Kier alpha value is -2.14. The van der Waals surface area contributed by atoms with Crippen LogP contribution in [0.2, 0.25) is 0 Å².